The molecule has 0 saturated carbocycles. The zero-order chi connectivity index (χ0) is 7.56. The smallest absolute Gasteiger partial charge is 0.169 e. The SMILES string of the molecule is OOc1ccc(O)c(O)c1. The Morgan fingerprint density at radius 1 is 1.10 bits per heavy atom. The lowest BCUT2D eigenvalue weighted by atomic mass is 10.3. The van der Waals surface area contributed by atoms with E-state index in [1.807, 2.05) is 0 Å². The molecular weight excluding hydrogens is 136 g/mol. The summed E-state index contributed by atoms with van der Waals surface area (Å²) in [5.74, 6) is -0.498. The van der Waals surface area contributed by atoms with Crippen LogP contribution in [-0.4, -0.2) is 15.5 Å². The number of benzene rings is 1. The lowest BCUT2D eigenvalue weighted by Crippen LogP contribution is -1.81. The van der Waals surface area contributed by atoms with Crippen LogP contribution in [0.4, 0.5) is 0 Å². The molecule has 0 aliphatic carbocycles. The monoisotopic (exact) mass is 142 g/mol. The Morgan fingerprint density at radius 2 is 1.80 bits per heavy atom. The molecule has 0 spiro atoms. The van der Waals surface area contributed by atoms with Crippen LogP contribution in [-0.2, 0) is 0 Å². The molecule has 0 heterocycles. The molecule has 10 heavy (non-hydrogen) atoms. The lowest BCUT2D eigenvalue weighted by molar-refractivity contribution is -0.137. The maximum absolute atomic E-state index is 8.79. The van der Waals surface area contributed by atoms with Crippen LogP contribution in [0.3, 0.4) is 0 Å². The maximum atomic E-state index is 8.79. The van der Waals surface area contributed by atoms with Gasteiger partial charge in [0.05, 0.1) is 0 Å². The van der Waals surface area contributed by atoms with E-state index in [0.29, 0.717) is 0 Å². The van der Waals surface area contributed by atoms with Gasteiger partial charge in [0.25, 0.3) is 0 Å². The van der Waals surface area contributed by atoms with E-state index in [0.717, 1.165) is 6.07 Å². The first-order chi connectivity index (χ1) is 4.74. The molecule has 0 radical (unpaired) electrons. The quantitative estimate of drug-likeness (QED) is 0.310. The minimum Gasteiger partial charge on any atom is -0.504 e. The average Bonchev–Trinajstić information content (AvgIpc) is 1.95. The molecule has 0 aliphatic rings. The van der Waals surface area contributed by atoms with Crippen LogP contribution in [0.2, 0.25) is 0 Å². The summed E-state index contributed by atoms with van der Waals surface area (Å²) in [5.41, 5.74) is 0. The lowest BCUT2D eigenvalue weighted by Gasteiger charge is -1.98. The number of rotatable bonds is 1. The van der Waals surface area contributed by atoms with Gasteiger partial charge in [0.2, 0.25) is 0 Å². The largest absolute Gasteiger partial charge is 0.504 e. The number of hydrogen-bond donors (Lipinski definition) is 3. The minimum atomic E-state index is -0.327. The fourth-order valence-corrected chi connectivity index (χ4v) is 0.560. The van der Waals surface area contributed by atoms with E-state index < -0.39 is 0 Å². The van der Waals surface area contributed by atoms with Crippen molar-refractivity contribution in [3.8, 4) is 17.2 Å². The van der Waals surface area contributed by atoms with Gasteiger partial charge in [-0.05, 0) is 12.1 Å². The van der Waals surface area contributed by atoms with Crippen LogP contribution in [0, 0.1) is 0 Å². The zero-order valence-electron chi connectivity index (χ0n) is 4.98. The molecule has 0 bridgehead atoms. The van der Waals surface area contributed by atoms with Crippen LogP contribution in [0.1, 0.15) is 0 Å². The first kappa shape index (κ1) is 6.70. The summed E-state index contributed by atoms with van der Waals surface area (Å²) in [7, 11) is 0. The van der Waals surface area contributed by atoms with E-state index >= 15 is 0 Å². The molecule has 0 fully saturated rings. The van der Waals surface area contributed by atoms with Crippen LogP contribution in [0.5, 0.6) is 17.2 Å². The van der Waals surface area contributed by atoms with E-state index in [9.17, 15) is 0 Å². The molecular formula is C6H6O4. The molecule has 4 heteroatoms. The molecule has 0 aliphatic heterocycles. The summed E-state index contributed by atoms with van der Waals surface area (Å²) >= 11 is 0. The molecule has 0 atom stereocenters. The molecule has 0 amide bonds. The molecule has 0 saturated heterocycles. The van der Waals surface area contributed by atoms with E-state index in [4.69, 9.17) is 15.5 Å². The van der Waals surface area contributed by atoms with E-state index in [-0.39, 0.29) is 17.2 Å². The second-order valence-corrected chi connectivity index (χ2v) is 1.74. The van der Waals surface area contributed by atoms with Crippen molar-refractivity contribution in [3.63, 3.8) is 0 Å². The van der Waals surface area contributed by atoms with Crippen molar-refractivity contribution >= 4 is 0 Å². The summed E-state index contributed by atoms with van der Waals surface area (Å²) in [6.45, 7) is 0. The van der Waals surface area contributed by atoms with Gasteiger partial charge in [-0.2, -0.15) is 0 Å². The number of hydrogen-bond acceptors (Lipinski definition) is 4. The highest BCUT2D eigenvalue weighted by atomic mass is 17.1. The van der Waals surface area contributed by atoms with Crippen molar-refractivity contribution in [3.05, 3.63) is 18.2 Å². The van der Waals surface area contributed by atoms with Crippen LogP contribution in [0.15, 0.2) is 18.2 Å². The Balaban J connectivity index is 3.04. The highest BCUT2D eigenvalue weighted by molar-refractivity contribution is 5.42. The first-order valence-corrected chi connectivity index (χ1v) is 2.57. The van der Waals surface area contributed by atoms with Gasteiger partial charge >= 0.3 is 0 Å². The van der Waals surface area contributed by atoms with Crippen molar-refractivity contribution in [1.82, 2.24) is 0 Å². The third kappa shape index (κ3) is 1.11. The Kier molecular flexibility index (Phi) is 1.64. The van der Waals surface area contributed by atoms with Gasteiger partial charge in [-0.25, -0.2) is 5.26 Å². The van der Waals surface area contributed by atoms with Crippen molar-refractivity contribution in [1.29, 1.82) is 0 Å². The Labute approximate surface area is 56.9 Å². The number of phenolic OH excluding ortho intramolecular Hbond substituents is 2. The third-order valence-corrected chi connectivity index (χ3v) is 1.05. The van der Waals surface area contributed by atoms with Crippen LogP contribution >= 0.6 is 0 Å². The first-order valence-electron chi connectivity index (χ1n) is 2.57. The van der Waals surface area contributed by atoms with Crippen molar-refractivity contribution in [2.24, 2.45) is 0 Å². The van der Waals surface area contributed by atoms with E-state index in [1.165, 1.54) is 12.1 Å². The van der Waals surface area contributed by atoms with E-state index in [1.54, 1.807) is 0 Å². The van der Waals surface area contributed by atoms with Crippen LogP contribution < -0.4 is 4.89 Å². The normalized spacial score (nSPS) is 9.30. The number of aromatic hydroxyl groups is 2. The molecule has 0 unspecified atom stereocenters. The second kappa shape index (κ2) is 2.45. The molecule has 1 aromatic rings. The van der Waals surface area contributed by atoms with Crippen molar-refractivity contribution < 1.29 is 20.4 Å². The third-order valence-electron chi connectivity index (χ3n) is 1.05. The van der Waals surface area contributed by atoms with Crippen molar-refractivity contribution in [2.45, 2.75) is 0 Å². The standard InChI is InChI=1S/C6H6O4/c7-5-2-1-4(10-9)3-6(5)8/h1-3,7-9H. The summed E-state index contributed by atoms with van der Waals surface area (Å²) < 4.78 is 0. The average molecular weight is 142 g/mol. The van der Waals surface area contributed by atoms with Gasteiger partial charge in [-0.1, -0.05) is 0 Å². The van der Waals surface area contributed by atoms with Crippen molar-refractivity contribution in [2.75, 3.05) is 0 Å². The Hall–Kier alpha value is -1.42. The van der Waals surface area contributed by atoms with Gasteiger partial charge in [-0.15, -0.1) is 0 Å². The summed E-state index contributed by atoms with van der Waals surface area (Å²) in [4.78, 5) is 3.78. The Morgan fingerprint density at radius 3 is 2.30 bits per heavy atom. The van der Waals surface area contributed by atoms with Gasteiger partial charge in [0.1, 0.15) is 0 Å². The fraction of sp³-hybridized carbons (Fsp3) is 0. The topological polar surface area (TPSA) is 69.9 Å². The predicted octanol–water partition coefficient (Wildman–Crippen LogP) is 0.950. The highest BCUT2D eigenvalue weighted by Gasteiger charge is 1.99. The molecule has 1 aromatic carbocycles. The Bertz CT molecular complexity index is 233. The summed E-state index contributed by atoms with van der Waals surface area (Å²) in [6.07, 6.45) is 0. The van der Waals surface area contributed by atoms with Crippen LogP contribution in [0.25, 0.3) is 0 Å². The molecule has 3 N–H and O–H groups in total. The summed E-state index contributed by atoms with van der Waals surface area (Å²) in [6, 6.07) is 3.62. The fourth-order valence-electron chi connectivity index (χ4n) is 0.560. The highest BCUT2D eigenvalue weighted by Crippen LogP contribution is 2.27. The minimum absolute atomic E-state index is 0.0790. The second-order valence-electron chi connectivity index (χ2n) is 1.74. The van der Waals surface area contributed by atoms with Gasteiger partial charge < -0.3 is 15.1 Å². The predicted molar refractivity (Wildman–Crippen MR) is 33.0 cm³/mol. The zero-order valence-corrected chi connectivity index (χ0v) is 4.98. The van der Waals surface area contributed by atoms with Gasteiger partial charge in [0.15, 0.2) is 17.2 Å². The molecule has 54 valence electrons. The molecule has 4 nitrogen and oxygen atoms in total. The van der Waals surface area contributed by atoms with Gasteiger partial charge in [-0.3, -0.25) is 0 Å². The molecule has 0 aromatic heterocycles. The van der Waals surface area contributed by atoms with E-state index in [2.05, 4.69) is 4.89 Å². The maximum Gasteiger partial charge on any atom is 0.169 e. The molecule has 1 rings (SSSR count). The summed E-state index contributed by atoms with van der Waals surface area (Å²) in [5, 5.41) is 25.6. The number of phenols is 2. The van der Waals surface area contributed by atoms with Gasteiger partial charge in [0, 0.05) is 6.07 Å².